The number of anilines is 2. The minimum atomic E-state index is -0.217. The number of hydrogen-bond donors (Lipinski definition) is 1. The summed E-state index contributed by atoms with van der Waals surface area (Å²) in [7, 11) is 0. The Hall–Kier alpha value is -2.52. The number of aryl methyl sites for hydroxylation is 2. The normalized spacial score (nSPS) is 10.6. The summed E-state index contributed by atoms with van der Waals surface area (Å²) in [6, 6.07) is 16.7. The van der Waals surface area contributed by atoms with E-state index in [4.69, 9.17) is 16.0 Å². The molecule has 0 aliphatic heterocycles. The van der Waals surface area contributed by atoms with Gasteiger partial charge in [-0.05, 0) is 55.8 Å². The summed E-state index contributed by atoms with van der Waals surface area (Å²) in [4.78, 5) is 12.4. The Morgan fingerprint density at radius 1 is 1.04 bits per heavy atom. The smallest absolute Gasteiger partial charge is 0.229 e. The van der Waals surface area contributed by atoms with Crippen molar-refractivity contribution in [3.63, 3.8) is 0 Å². The molecule has 1 heterocycles. The van der Waals surface area contributed by atoms with Gasteiger partial charge >= 0.3 is 0 Å². The lowest BCUT2D eigenvalue weighted by molar-refractivity contribution is 0.101. The molecule has 1 N–H and O–H groups in total. The molecular weight excluding hydrogens is 310 g/mol. The highest BCUT2D eigenvalue weighted by Gasteiger charge is 2.16. The minimum Gasteiger partial charge on any atom is -0.458 e. The fourth-order valence-corrected chi connectivity index (χ4v) is 2.60. The van der Waals surface area contributed by atoms with Gasteiger partial charge in [0.05, 0.1) is 5.02 Å². The SMILES string of the molecule is Cc1ccc(C(=O)c2ccc(Nc3ccccc3C)cc2Cl)o1. The summed E-state index contributed by atoms with van der Waals surface area (Å²) >= 11 is 6.28. The highest BCUT2D eigenvalue weighted by atomic mass is 35.5. The predicted octanol–water partition coefficient (Wildman–Crippen LogP) is 5.52. The predicted molar refractivity (Wildman–Crippen MR) is 92.8 cm³/mol. The molecule has 0 fully saturated rings. The third-order valence-electron chi connectivity index (χ3n) is 3.60. The van der Waals surface area contributed by atoms with E-state index in [2.05, 4.69) is 5.32 Å². The molecule has 0 aliphatic rings. The van der Waals surface area contributed by atoms with Gasteiger partial charge in [0.2, 0.25) is 5.78 Å². The van der Waals surface area contributed by atoms with Crippen LogP contribution in [-0.2, 0) is 0 Å². The molecule has 116 valence electrons. The summed E-state index contributed by atoms with van der Waals surface area (Å²) in [5.74, 6) is 0.775. The van der Waals surface area contributed by atoms with Crippen LogP contribution in [0, 0.1) is 13.8 Å². The lowest BCUT2D eigenvalue weighted by Crippen LogP contribution is -2.01. The fourth-order valence-electron chi connectivity index (χ4n) is 2.33. The van der Waals surface area contributed by atoms with Crippen molar-refractivity contribution in [3.05, 3.63) is 82.3 Å². The van der Waals surface area contributed by atoms with E-state index in [0.29, 0.717) is 22.1 Å². The van der Waals surface area contributed by atoms with Crippen molar-refractivity contribution in [1.82, 2.24) is 0 Å². The van der Waals surface area contributed by atoms with Crippen molar-refractivity contribution in [1.29, 1.82) is 0 Å². The van der Waals surface area contributed by atoms with E-state index in [0.717, 1.165) is 16.9 Å². The second kappa shape index (κ2) is 6.31. The van der Waals surface area contributed by atoms with Gasteiger partial charge in [-0.25, -0.2) is 0 Å². The van der Waals surface area contributed by atoms with Crippen LogP contribution in [0.4, 0.5) is 11.4 Å². The second-order valence-corrected chi connectivity index (χ2v) is 5.78. The third-order valence-corrected chi connectivity index (χ3v) is 3.91. The number of furan rings is 1. The molecule has 0 unspecified atom stereocenters. The van der Waals surface area contributed by atoms with Crippen molar-refractivity contribution in [3.8, 4) is 0 Å². The van der Waals surface area contributed by atoms with Gasteiger partial charge in [-0.2, -0.15) is 0 Å². The van der Waals surface area contributed by atoms with Crippen molar-refractivity contribution in [2.24, 2.45) is 0 Å². The summed E-state index contributed by atoms with van der Waals surface area (Å²) in [6.07, 6.45) is 0. The number of carbonyl (C=O) groups is 1. The molecule has 0 aliphatic carbocycles. The number of hydrogen-bond acceptors (Lipinski definition) is 3. The Morgan fingerprint density at radius 3 is 2.48 bits per heavy atom. The van der Waals surface area contributed by atoms with Gasteiger partial charge in [0.25, 0.3) is 0 Å². The molecule has 2 aromatic carbocycles. The van der Waals surface area contributed by atoms with Gasteiger partial charge in [0, 0.05) is 16.9 Å². The molecule has 0 bridgehead atoms. The maximum Gasteiger partial charge on any atom is 0.229 e. The fraction of sp³-hybridized carbons (Fsp3) is 0.105. The Labute approximate surface area is 139 Å². The highest BCUT2D eigenvalue weighted by Crippen LogP contribution is 2.27. The number of benzene rings is 2. The molecule has 0 amide bonds. The molecule has 0 radical (unpaired) electrons. The van der Waals surface area contributed by atoms with Gasteiger partial charge in [-0.15, -0.1) is 0 Å². The minimum absolute atomic E-state index is 0.217. The summed E-state index contributed by atoms with van der Waals surface area (Å²) in [5, 5.41) is 3.70. The molecule has 0 atom stereocenters. The maximum absolute atomic E-state index is 12.4. The molecule has 4 heteroatoms. The Kier molecular flexibility index (Phi) is 4.22. The van der Waals surface area contributed by atoms with Crippen LogP contribution in [-0.4, -0.2) is 5.78 Å². The Balaban J connectivity index is 1.86. The zero-order valence-corrected chi connectivity index (χ0v) is 13.6. The van der Waals surface area contributed by atoms with Crippen LogP contribution >= 0.6 is 11.6 Å². The van der Waals surface area contributed by atoms with Crippen molar-refractivity contribution in [2.45, 2.75) is 13.8 Å². The topological polar surface area (TPSA) is 42.2 Å². The Morgan fingerprint density at radius 2 is 1.83 bits per heavy atom. The molecule has 3 nitrogen and oxygen atoms in total. The number of rotatable bonds is 4. The van der Waals surface area contributed by atoms with Crippen LogP contribution in [0.2, 0.25) is 5.02 Å². The van der Waals surface area contributed by atoms with Crippen LogP contribution in [0.25, 0.3) is 0 Å². The monoisotopic (exact) mass is 325 g/mol. The highest BCUT2D eigenvalue weighted by molar-refractivity contribution is 6.35. The van der Waals surface area contributed by atoms with Gasteiger partial charge in [0.15, 0.2) is 5.76 Å². The molecule has 3 rings (SSSR count). The van der Waals surface area contributed by atoms with Crippen LogP contribution in [0.1, 0.15) is 27.4 Å². The van der Waals surface area contributed by atoms with Crippen molar-refractivity contribution >= 4 is 28.8 Å². The number of nitrogens with one attached hydrogen (secondary N) is 1. The first-order valence-corrected chi connectivity index (χ1v) is 7.66. The number of halogens is 1. The maximum atomic E-state index is 12.4. The number of carbonyl (C=O) groups excluding carboxylic acids is 1. The molecule has 23 heavy (non-hydrogen) atoms. The van der Waals surface area contributed by atoms with E-state index < -0.39 is 0 Å². The van der Waals surface area contributed by atoms with Crippen molar-refractivity contribution < 1.29 is 9.21 Å². The zero-order chi connectivity index (χ0) is 16.4. The molecule has 3 aromatic rings. The van der Waals surface area contributed by atoms with E-state index in [1.807, 2.05) is 37.3 Å². The average molecular weight is 326 g/mol. The van der Waals surface area contributed by atoms with Crippen LogP contribution in [0.5, 0.6) is 0 Å². The number of ketones is 1. The van der Waals surface area contributed by atoms with Crippen molar-refractivity contribution in [2.75, 3.05) is 5.32 Å². The van der Waals surface area contributed by atoms with Crippen LogP contribution in [0.15, 0.2) is 59.0 Å². The van der Waals surface area contributed by atoms with Crippen LogP contribution in [0.3, 0.4) is 0 Å². The average Bonchev–Trinajstić information content (AvgIpc) is 2.96. The molecule has 0 saturated carbocycles. The standard InChI is InChI=1S/C19H16ClNO2/c1-12-5-3-4-6-17(12)21-14-8-9-15(16(20)11-14)19(22)18-10-7-13(2)23-18/h3-11,21H,1-2H3. The van der Waals surface area contributed by atoms with Gasteiger partial charge in [0.1, 0.15) is 5.76 Å². The van der Waals surface area contributed by atoms with Gasteiger partial charge in [-0.3, -0.25) is 4.79 Å². The number of para-hydroxylation sites is 1. The zero-order valence-electron chi connectivity index (χ0n) is 12.9. The van der Waals surface area contributed by atoms with E-state index in [1.54, 1.807) is 31.2 Å². The Bertz CT molecular complexity index is 867. The second-order valence-electron chi connectivity index (χ2n) is 5.37. The molecular formula is C19H16ClNO2. The van der Waals surface area contributed by atoms with Crippen LogP contribution < -0.4 is 5.32 Å². The quantitative estimate of drug-likeness (QED) is 0.642. The third kappa shape index (κ3) is 3.30. The summed E-state index contributed by atoms with van der Waals surface area (Å²) in [6.45, 7) is 3.83. The van der Waals surface area contributed by atoms with E-state index in [-0.39, 0.29) is 5.78 Å². The van der Waals surface area contributed by atoms with E-state index in [9.17, 15) is 4.79 Å². The first-order chi connectivity index (χ1) is 11.0. The van der Waals surface area contributed by atoms with E-state index >= 15 is 0 Å². The van der Waals surface area contributed by atoms with Gasteiger partial charge in [-0.1, -0.05) is 29.8 Å². The lowest BCUT2D eigenvalue weighted by atomic mass is 10.1. The molecule has 0 spiro atoms. The van der Waals surface area contributed by atoms with Gasteiger partial charge < -0.3 is 9.73 Å². The molecule has 1 aromatic heterocycles. The summed E-state index contributed by atoms with van der Waals surface area (Å²) in [5.41, 5.74) is 3.40. The lowest BCUT2D eigenvalue weighted by Gasteiger charge is -2.11. The molecule has 0 saturated heterocycles. The first-order valence-electron chi connectivity index (χ1n) is 7.28. The first kappa shape index (κ1) is 15.4. The van der Waals surface area contributed by atoms with E-state index in [1.165, 1.54) is 0 Å². The largest absolute Gasteiger partial charge is 0.458 e. The summed E-state index contributed by atoms with van der Waals surface area (Å²) < 4.78 is 5.37.